The van der Waals surface area contributed by atoms with Crippen LogP contribution in [0.4, 0.5) is 0 Å². The molecule has 0 bridgehead atoms. The summed E-state index contributed by atoms with van der Waals surface area (Å²) >= 11 is 0. The first-order valence-corrected chi connectivity index (χ1v) is 5.14. The number of benzene rings is 1. The van der Waals surface area contributed by atoms with Gasteiger partial charge >= 0.3 is 5.97 Å². The van der Waals surface area contributed by atoms with E-state index in [0.29, 0.717) is 11.1 Å². The number of hydrogen-bond acceptors (Lipinski definition) is 3. The Balaban J connectivity index is 2.59. The molecule has 1 heterocycles. The Kier molecular flexibility index (Phi) is 2.89. The van der Waals surface area contributed by atoms with E-state index in [1.165, 1.54) is 12.4 Å². The summed E-state index contributed by atoms with van der Waals surface area (Å²) in [4.78, 5) is 15.3. The lowest BCUT2D eigenvalue weighted by Gasteiger charge is -2.25. The monoisotopic (exact) mass is 228 g/mol. The van der Waals surface area contributed by atoms with E-state index in [9.17, 15) is 9.90 Å². The fourth-order valence-electron chi connectivity index (χ4n) is 1.73. The van der Waals surface area contributed by atoms with Crippen molar-refractivity contribution < 1.29 is 9.90 Å². The second-order valence-electron chi connectivity index (χ2n) is 3.72. The van der Waals surface area contributed by atoms with Crippen molar-refractivity contribution in [3.63, 3.8) is 0 Å². The number of carbonyl (C=O) groups is 1. The Bertz CT molecular complexity index is 472. The molecule has 86 valence electrons. The molecule has 0 fully saturated rings. The van der Waals surface area contributed by atoms with Gasteiger partial charge in [-0.1, -0.05) is 30.3 Å². The minimum atomic E-state index is -1.54. The zero-order valence-electron chi connectivity index (χ0n) is 9.08. The summed E-state index contributed by atoms with van der Waals surface area (Å²) in [6.45, 7) is 0. The molecule has 0 saturated carbocycles. The van der Waals surface area contributed by atoms with Crippen LogP contribution in [0.15, 0.2) is 54.9 Å². The Morgan fingerprint density at radius 3 is 2.12 bits per heavy atom. The van der Waals surface area contributed by atoms with E-state index < -0.39 is 11.5 Å². The number of nitrogens with zero attached hydrogens (tertiary/aromatic N) is 1. The maximum Gasteiger partial charge on any atom is 0.333 e. The average molecular weight is 228 g/mol. The molecule has 0 amide bonds. The van der Waals surface area contributed by atoms with Gasteiger partial charge in [0.2, 0.25) is 0 Å². The van der Waals surface area contributed by atoms with Crippen molar-refractivity contribution in [2.45, 2.75) is 5.54 Å². The molecule has 4 nitrogen and oxygen atoms in total. The zero-order chi connectivity index (χ0) is 12.3. The van der Waals surface area contributed by atoms with Crippen LogP contribution in [0, 0.1) is 0 Å². The predicted molar refractivity (Wildman–Crippen MR) is 63.3 cm³/mol. The molecule has 0 aliphatic heterocycles. The normalized spacial score (nSPS) is 13.9. The van der Waals surface area contributed by atoms with Crippen LogP contribution in [0.2, 0.25) is 0 Å². The van der Waals surface area contributed by atoms with Gasteiger partial charge < -0.3 is 10.8 Å². The van der Waals surface area contributed by atoms with Crippen molar-refractivity contribution in [1.29, 1.82) is 0 Å². The third-order valence-electron chi connectivity index (χ3n) is 2.70. The van der Waals surface area contributed by atoms with E-state index in [2.05, 4.69) is 4.98 Å². The standard InChI is InChI=1S/C13H12N2O2/c14-13(12(16)17,10-4-2-1-3-5-10)11-6-8-15-9-7-11/h1-9H,14H2,(H,16,17). The summed E-state index contributed by atoms with van der Waals surface area (Å²) in [6, 6.07) is 12.0. The number of carboxylic acid groups (broad SMARTS) is 1. The lowest BCUT2D eigenvalue weighted by molar-refractivity contribution is -0.142. The second kappa shape index (κ2) is 4.35. The van der Waals surface area contributed by atoms with Crippen LogP contribution < -0.4 is 5.73 Å². The molecule has 1 aromatic carbocycles. The fraction of sp³-hybridized carbons (Fsp3) is 0.0769. The van der Waals surface area contributed by atoms with Crippen molar-refractivity contribution in [2.24, 2.45) is 5.73 Å². The van der Waals surface area contributed by atoms with Crippen LogP contribution in [-0.2, 0) is 10.3 Å². The van der Waals surface area contributed by atoms with Crippen LogP contribution in [0.3, 0.4) is 0 Å². The lowest BCUT2D eigenvalue weighted by atomic mass is 9.84. The number of carboxylic acids is 1. The van der Waals surface area contributed by atoms with E-state index >= 15 is 0 Å². The Morgan fingerprint density at radius 1 is 1.06 bits per heavy atom. The van der Waals surface area contributed by atoms with Gasteiger partial charge in [-0.15, -0.1) is 0 Å². The van der Waals surface area contributed by atoms with Crippen LogP contribution in [-0.4, -0.2) is 16.1 Å². The summed E-state index contributed by atoms with van der Waals surface area (Å²) in [5.74, 6) is -1.09. The summed E-state index contributed by atoms with van der Waals surface area (Å²) in [7, 11) is 0. The second-order valence-corrected chi connectivity index (χ2v) is 3.72. The van der Waals surface area contributed by atoms with Gasteiger partial charge in [0.25, 0.3) is 0 Å². The highest BCUT2D eigenvalue weighted by Crippen LogP contribution is 2.26. The van der Waals surface area contributed by atoms with Gasteiger partial charge in [-0.3, -0.25) is 4.98 Å². The SMILES string of the molecule is NC(C(=O)O)(c1ccccc1)c1ccncc1. The number of rotatable bonds is 3. The van der Waals surface area contributed by atoms with E-state index in [4.69, 9.17) is 5.73 Å². The molecule has 17 heavy (non-hydrogen) atoms. The van der Waals surface area contributed by atoms with Crippen molar-refractivity contribution in [3.05, 3.63) is 66.0 Å². The van der Waals surface area contributed by atoms with Crippen LogP contribution >= 0.6 is 0 Å². The van der Waals surface area contributed by atoms with Crippen molar-refractivity contribution in [3.8, 4) is 0 Å². The Hall–Kier alpha value is -2.20. The molecule has 0 saturated heterocycles. The van der Waals surface area contributed by atoms with Gasteiger partial charge in [0.15, 0.2) is 5.54 Å². The first-order valence-electron chi connectivity index (χ1n) is 5.14. The van der Waals surface area contributed by atoms with Crippen LogP contribution in [0.1, 0.15) is 11.1 Å². The summed E-state index contributed by atoms with van der Waals surface area (Å²) in [5, 5.41) is 9.39. The van der Waals surface area contributed by atoms with Gasteiger partial charge in [-0.2, -0.15) is 0 Å². The minimum absolute atomic E-state index is 0.506. The third-order valence-corrected chi connectivity index (χ3v) is 2.70. The van der Waals surface area contributed by atoms with Gasteiger partial charge in [-0.05, 0) is 23.3 Å². The highest BCUT2D eigenvalue weighted by atomic mass is 16.4. The van der Waals surface area contributed by atoms with E-state index in [0.717, 1.165) is 0 Å². The topological polar surface area (TPSA) is 76.2 Å². The molecule has 0 spiro atoms. The summed E-state index contributed by atoms with van der Waals surface area (Å²) < 4.78 is 0. The van der Waals surface area contributed by atoms with Gasteiger partial charge in [0, 0.05) is 12.4 Å². The van der Waals surface area contributed by atoms with Crippen molar-refractivity contribution in [2.75, 3.05) is 0 Å². The quantitative estimate of drug-likeness (QED) is 0.831. The molecule has 4 heteroatoms. The Morgan fingerprint density at radius 2 is 1.59 bits per heavy atom. The summed E-state index contributed by atoms with van der Waals surface area (Å²) in [5.41, 5.74) is 5.56. The highest BCUT2D eigenvalue weighted by molar-refractivity contribution is 5.85. The molecule has 0 radical (unpaired) electrons. The molecule has 1 unspecified atom stereocenters. The van der Waals surface area contributed by atoms with Gasteiger partial charge in [0.05, 0.1) is 0 Å². The van der Waals surface area contributed by atoms with Gasteiger partial charge in [-0.25, -0.2) is 4.79 Å². The molecule has 0 aliphatic rings. The van der Waals surface area contributed by atoms with E-state index in [-0.39, 0.29) is 0 Å². The maximum atomic E-state index is 11.5. The Labute approximate surface area is 98.7 Å². The molecule has 0 aliphatic carbocycles. The highest BCUT2D eigenvalue weighted by Gasteiger charge is 2.37. The number of hydrogen-bond donors (Lipinski definition) is 2. The van der Waals surface area contributed by atoms with Crippen LogP contribution in [0.25, 0.3) is 0 Å². The maximum absolute atomic E-state index is 11.5. The molecule has 1 aromatic heterocycles. The fourth-order valence-corrected chi connectivity index (χ4v) is 1.73. The molecule has 2 aromatic rings. The number of aliphatic carboxylic acids is 1. The van der Waals surface area contributed by atoms with Crippen molar-refractivity contribution >= 4 is 5.97 Å². The smallest absolute Gasteiger partial charge is 0.333 e. The average Bonchev–Trinajstić information content (AvgIpc) is 2.39. The van der Waals surface area contributed by atoms with E-state index in [1.807, 2.05) is 6.07 Å². The number of pyridine rings is 1. The largest absolute Gasteiger partial charge is 0.479 e. The van der Waals surface area contributed by atoms with Crippen molar-refractivity contribution in [1.82, 2.24) is 4.98 Å². The molecule has 3 N–H and O–H groups in total. The molecule has 1 atom stereocenters. The number of nitrogens with two attached hydrogens (primary N) is 1. The minimum Gasteiger partial charge on any atom is -0.479 e. The molecule has 2 rings (SSSR count). The third kappa shape index (κ3) is 1.90. The van der Waals surface area contributed by atoms with Gasteiger partial charge in [0.1, 0.15) is 0 Å². The predicted octanol–water partition coefficient (Wildman–Crippen LogP) is 1.37. The molecular formula is C13H12N2O2. The van der Waals surface area contributed by atoms with Crippen LogP contribution in [0.5, 0.6) is 0 Å². The zero-order valence-corrected chi connectivity index (χ0v) is 9.08. The lowest BCUT2D eigenvalue weighted by Crippen LogP contribution is -2.45. The molecular weight excluding hydrogens is 216 g/mol. The first-order chi connectivity index (χ1) is 8.15. The summed E-state index contributed by atoms with van der Waals surface area (Å²) in [6.07, 6.45) is 3.06. The number of aromatic nitrogens is 1. The first kappa shape index (κ1) is 11.3. The van der Waals surface area contributed by atoms with E-state index in [1.54, 1.807) is 36.4 Å².